The van der Waals surface area contributed by atoms with Gasteiger partial charge in [-0.25, -0.2) is 8.42 Å². The van der Waals surface area contributed by atoms with Crippen molar-refractivity contribution in [2.75, 3.05) is 30.2 Å². The minimum atomic E-state index is -3.36. The van der Waals surface area contributed by atoms with Crippen molar-refractivity contribution in [1.29, 1.82) is 0 Å². The number of fused-ring (bicyclic) bond motifs is 1. The minimum absolute atomic E-state index is 0.0311. The van der Waals surface area contributed by atoms with E-state index in [9.17, 15) is 18.0 Å². The van der Waals surface area contributed by atoms with Crippen LogP contribution in [0, 0.1) is 11.8 Å². The fraction of sp³-hybridized carbons (Fsp3) is 0.619. The summed E-state index contributed by atoms with van der Waals surface area (Å²) in [6, 6.07) is 7.50. The van der Waals surface area contributed by atoms with E-state index in [2.05, 4.69) is 0 Å². The summed E-state index contributed by atoms with van der Waals surface area (Å²) in [5.74, 6) is -1.02. The van der Waals surface area contributed by atoms with Crippen LogP contribution >= 0.6 is 0 Å². The summed E-state index contributed by atoms with van der Waals surface area (Å²) in [7, 11) is -3.36. The number of amides is 1. The first kappa shape index (κ1) is 23.2. The van der Waals surface area contributed by atoms with Crippen LogP contribution in [0.2, 0.25) is 0 Å². The van der Waals surface area contributed by atoms with E-state index in [-0.39, 0.29) is 17.7 Å². The molecular weight excluding hydrogens is 392 g/mol. The zero-order chi connectivity index (χ0) is 21.6. The van der Waals surface area contributed by atoms with E-state index in [4.69, 9.17) is 5.11 Å². The Morgan fingerprint density at radius 3 is 2.34 bits per heavy atom. The average molecular weight is 425 g/mol. The van der Waals surface area contributed by atoms with E-state index < -0.39 is 16.0 Å². The molecule has 1 saturated heterocycles. The largest absolute Gasteiger partial charge is 0.481 e. The summed E-state index contributed by atoms with van der Waals surface area (Å²) in [6.07, 6.45) is 3.96. The van der Waals surface area contributed by atoms with Crippen LogP contribution in [0.15, 0.2) is 24.3 Å². The molecule has 0 spiro atoms. The Kier molecular flexibility index (Phi) is 8.07. The van der Waals surface area contributed by atoms with Crippen molar-refractivity contribution >= 4 is 27.6 Å². The zero-order valence-corrected chi connectivity index (χ0v) is 18.3. The quantitative estimate of drug-likeness (QED) is 0.784. The van der Waals surface area contributed by atoms with Gasteiger partial charge in [0.05, 0.1) is 17.9 Å². The summed E-state index contributed by atoms with van der Waals surface area (Å²) in [6.45, 7) is 5.36. The molecule has 0 aliphatic carbocycles. The summed E-state index contributed by atoms with van der Waals surface area (Å²) in [5, 5.41) is 9.05. The minimum Gasteiger partial charge on any atom is -0.481 e. The molecule has 3 rings (SSSR count). The smallest absolute Gasteiger partial charge is 0.306 e. The van der Waals surface area contributed by atoms with Gasteiger partial charge in [0.25, 0.3) is 0 Å². The summed E-state index contributed by atoms with van der Waals surface area (Å²) < 4.78 is 25.8. The molecule has 2 aliphatic heterocycles. The van der Waals surface area contributed by atoms with E-state index in [0.717, 1.165) is 17.7 Å². The Bertz CT molecular complexity index is 816. The number of carbonyl (C=O) groups excluding carboxylic acids is 1. The number of rotatable bonds is 5. The zero-order valence-electron chi connectivity index (χ0n) is 17.5. The Morgan fingerprint density at radius 2 is 1.76 bits per heavy atom. The number of carboxylic acid groups (broad SMARTS) is 1. The molecule has 1 amide bonds. The molecule has 7 nitrogen and oxygen atoms in total. The van der Waals surface area contributed by atoms with Gasteiger partial charge in [0.2, 0.25) is 15.9 Å². The van der Waals surface area contributed by atoms with E-state index >= 15 is 0 Å². The number of carboxylic acids is 1. The number of hydrogen-bond acceptors (Lipinski definition) is 4. The van der Waals surface area contributed by atoms with Gasteiger partial charge in [-0.15, -0.1) is 0 Å². The fourth-order valence-electron chi connectivity index (χ4n) is 4.00. The summed E-state index contributed by atoms with van der Waals surface area (Å²) >= 11 is 0. The third-order valence-electron chi connectivity index (χ3n) is 5.56. The molecule has 0 saturated carbocycles. The van der Waals surface area contributed by atoms with Crippen molar-refractivity contribution in [3.05, 3.63) is 29.8 Å². The van der Waals surface area contributed by atoms with Crippen molar-refractivity contribution in [3.63, 3.8) is 0 Å². The van der Waals surface area contributed by atoms with Gasteiger partial charge < -0.3 is 10.0 Å². The molecule has 0 radical (unpaired) electrons. The van der Waals surface area contributed by atoms with Gasteiger partial charge in [0.15, 0.2) is 0 Å². The normalized spacial score (nSPS) is 19.8. The van der Waals surface area contributed by atoms with Crippen molar-refractivity contribution in [3.8, 4) is 0 Å². The number of hydrogen-bond donors (Lipinski definition) is 1. The van der Waals surface area contributed by atoms with Gasteiger partial charge in [-0.05, 0) is 43.2 Å². The lowest BCUT2D eigenvalue weighted by atomic mass is 9.90. The monoisotopic (exact) mass is 424 g/mol. The third-order valence-corrected chi connectivity index (χ3v) is 6.70. The third kappa shape index (κ3) is 5.95. The second kappa shape index (κ2) is 10.1. The molecule has 8 heteroatoms. The summed E-state index contributed by atoms with van der Waals surface area (Å²) in [4.78, 5) is 25.2. The maximum Gasteiger partial charge on any atom is 0.306 e. The topological polar surface area (TPSA) is 95.0 Å². The number of benzene rings is 1. The first-order valence-corrected chi connectivity index (χ1v) is 12.2. The molecule has 2 heterocycles. The second-order valence-electron chi connectivity index (χ2n) is 7.52. The van der Waals surface area contributed by atoms with Gasteiger partial charge in [-0.3, -0.25) is 13.9 Å². The average Bonchev–Trinajstić information content (AvgIpc) is 2.72. The first-order chi connectivity index (χ1) is 13.8. The lowest BCUT2D eigenvalue weighted by Gasteiger charge is -2.35. The van der Waals surface area contributed by atoms with Crippen LogP contribution in [-0.4, -0.2) is 56.2 Å². The van der Waals surface area contributed by atoms with Gasteiger partial charge in [0, 0.05) is 26.1 Å². The fourth-order valence-corrected chi connectivity index (χ4v) is 5.02. The number of aliphatic carboxylic acids is 1. The molecular formula is C21H32N2O5S. The molecule has 0 unspecified atom stereocenters. The van der Waals surface area contributed by atoms with Crippen molar-refractivity contribution in [2.24, 2.45) is 11.8 Å². The highest BCUT2D eigenvalue weighted by Crippen LogP contribution is 2.33. The van der Waals surface area contributed by atoms with E-state index in [1.165, 1.54) is 10.6 Å². The molecule has 2 aliphatic rings. The molecule has 162 valence electrons. The standard InChI is InChI=1S/C19H26N2O5S.C2H6/c1-27(25,26)21-13-14(12-16-4-2-3-5-17(16)21)6-7-18(22)20-10-8-15(9-11-20)19(23)24;1-2/h2-5,14-15H,6-13H2,1H3,(H,23,24);1-2H3/t14-;/m1./s1. The second-order valence-corrected chi connectivity index (χ2v) is 9.43. The molecule has 29 heavy (non-hydrogen) atoms. The highest BCUT2D eigenvalue weighted by atomic mass is 32.2. The lowest BCUT2D eigenvalue weighted by Crippen LogP contribution is -2.41. The van der Waals surface area contributed by atoms with Gasteiger partial charge in [-0.1, -0.05) is 32.0 Å². The maximum absolute atomic E-state index is 12.5. The molecule has 0 bridgehead atoms. The van der Waals surface area contributed by atoms with Crippen LogP contribution in [0.4, 0.5) is 5.69 Å². The van der Waals surface area contributed by atoms with Crippen LogP contribution in [0.5, 0.6) is 0 Å². The van der Waals surface area contributed by atoms with E-state index in [1.807, 2.05) is 38.1 Å². The van der Waals surface area contributed by atoms with Crippen LogP contribution in [-0.2, 0) is 26.0 Å². The molecule has 1 aromatic carbocycles. The number of piperidine rings is 1. The van der Waals surface area contributed by atoms with Gasteiger partial charge >= 0.3 is 5.97 Å². The highest BCUT2D eigenvalue weighted by Gasteiger charge is 2.31. The molecule has 1 atom stereocenters. The van der Waals surface area contributed by atoms with Crippen LogP contribution in [0.25, 0.3) is 0 Å². The Labute approximate surface area is 173 Å². The molecule has 1 aromatic rings. The first-order valence-electron chi connectivity index (χ1n) is 10.3. The Hall–Kier alpha value is -2.09. The Balaban J connectivity index is 0.00000145. The van der Waals surface area contributed by atoms with Gasteiger partial charge in [0.1, 0.15) is 0 Å². The predicted octanol–water partition coefficient (Wildman–Crippen LogP) is 2.75. The van der Waals surface area contributed by atoms with E-state index in [0.29, 0.717) is 45.3 Å². The number of nitrogens with zero attached hydrogens (tertiary/aromatic N) is 2. The van der Waals surface area contributed by atoms with Crippen molar-refractivity contribution < 1.29 is 23.1 Å². The van der Waals surface area contributed by atoms with E-state index in [1.54, 1.807) is 4.90 Å². The summed E-state index contributed by atoms with van der Waals surface area (Å²) in [5.41, 5.74) is 1.73. The van der Waals surface area contributed by atoms with Crippen molar-refractivity contribution in [2.45, 2.75) is 46.0 Å². The van der Waals surface area contributed by atoms with Crippen LogP contribution in [0.3, 0.4) is 0 Å². The Morgan fingerprint density at radius 1 is 1.14 bits per heavy atom. The number of carbonyl (C=O) groups is 2. The predicted molar refractivity (Wildman–Crippen MR) is 113 cm³/mol. The number of sulfonamides is 1. The van der Waals surface area contributed by atoms with Crippen LogP contribution < -0.4 is 4.31 Å². The number of para-hydroxylation sites is 1. The maximum atomic E-state index is 12.5. The SMILES string of the molecule is CC.CS(=O)(=O)N1C[C@H](CCC(=O)N2CCC(C(=O)O)CC2)Cc2ccccc21. The molecule has 1 N–H and O–H groups in total. The molecule has 1 fully saturated rings. The highest BCUT2D eigenvalue weighted by molar-refractivity contribution is 7.92. The van der Waals surface area contributed by atoms with Crippen LogP contribution in [0.1, 0.15) is 45.1 Å². The van der Waals surface area contributed by atoms with Crippen molar-refractivity contribution in [1.82, 2.24) is 4.90 Å². The molecule has 0 aromatic heterocycles. The lowest BCUT2D eigenvalue weighted by molar-refractivity contribution is -0.145. The van der Waals surface area contributed by atoms with Gasteiger partial charge in [-0.2, -0.15) is 0 Å². The number of anilines is 1. The number of likely N-dealkylation sites (tertiary alicyclic amines) is 1.